The number of thioether (sulfide) groups is 1. The van der Waals surface area contributed by atoms with E-state index in [1.807, 2.05) is 54.6 Å². The van der Waals surface area contributed by atoms with Gasteiger partial charge in [0, 0.05) is 75.8 Å². The van der Waals surface area contributed by atoms with E-state index in [0.717, 1.165) is 33.5 Å². The third-order valence-electron chi connectivity index (χ3n) is 9.13. The van der Waals surface area contributed by atoms with E-state index in [1.54, 1.807) is 33.9 Å². The van der Waals surface area contributed by atoms with Gasteiger partial charge in [0.05, 0.1) is 44.2 Å². The van der Waals surface area contributed by atoms with Gasteiger partial charge < -0.3 is 36.0 Å². The molecule has 3 aromatic rings. The average Bonchev–Trinajstić information content (AvgIpc) is 3.17. The maximum absolute atomic E-state index is 12.4. The Hall–Kier alpha value is -4.98. The number of aliphatic carboxylic acids is 3. The van der Waals surface area contributed by atoms with Crippen LogP contribution in [0.1, 0.15) is 35.4 Å². The molecule has 4 rings (SSSR count). The lowest BCUT2D eigenvalue weighted by Gasteiger charge is -2.36. The van der Waals surface area contributed by atoms with Crippen molar-refractivity contribution in [2.75, 3.05) is 71.4 Å². The second-order valence-corrected chi connectivity index (χ2v) is 15.3. The normalized spacial score (nSPS) is 15.4. The van der Waals surface area contributed by atoms with Crippen molar-refractivity contribution in [1.82, 2.24) is 30.3 Å². The van der Waals surface area contributed by atoms with Crippen LogP contribution in [-0.2, 0) is 54.6 Å². The van der Waals surface area contributed by atoms with Crippen LogP contribution in [0, 0.1) is 0 Å². The highest BCUT2D eigenvalue weighted by Crippen LogP contribution is 2.22. The van der Waals surface area contributed by atoms with E-state index in [9.17, 15) is 39.3 Å². The maximum atomic E-state index is 12.4. The molecule has 18 heteroatoms. The summed E-state index contributed by atoms with van der Waals surface area (Å²) in [6, 6.07) is 20.1. The Kier molecular flexibility index (Phi) is 19.0. The number of hydrogen-bond donors (Lipinski definition) is 6. The highest BCUT2D eigenvalue weighted by Gasteiger charge is 2.27. The summed E-state index contributed by atoms with van der Waals surface area (Å²) >= 11 is 6.61. The molecular formula is C40H51N7O9S2. The fourth-order valence-electron chi connectivity index (χ4n) is 6.31. The molecule has 312 valence electrons. The molecule has 16 nitrogen and oxygen atoms in total. The van der Waals surface area contributed by atoms with Gasteiger partial charge in [-0.2, -0.15) is 0 Å². The standard InChI is InChI=1S/C40H51N7O9S2/c1-41-35(48)14-9-28-7-12-34(13-8-28)58-39(55)15-19-56-20-16-42-40(57)44-30-10-5-29(6-11-30)21-33-24-46(26-37(51)52)18-17-45(25-36(49)50)22-31-3-2-4-32(43-31)23-47(33)27-38(53)54/h2-8,10-13,33H,9,14-27H2,1H3,(H,41,48)(H,49,50)(H,51,52)(H,53,54)(H2,42,44,57)/t33-/m0/s1. The largest absolute Gasteiger partial charge is 0.480 e. The van der Waals surface area contributed by atoms with Crippen molar-refractivity contribution in [3.05, 3.63) is 89.2 Å². The van der Waals surface area contributed by atoms with Gasteiger partial charge in [-0.1, -0.05) is 42.1 Å². The number of carboxylic acid groups (broad SMARTS) is 3. The summed E-state index contributed by atoms with van der Waals surface area (Å²) in [6.45, 7) is 1.39. The van der Waals surface area contributed by atoms with E-state index < -0.39 is 23.9 Å². The lowest BCUT2D eigenvalue weighted by atomic mass is 10.0. The second-order valence-electron chi connectivity index (χ2n) is 13.7. The van der Waals surface area contributed by atoms with E-state index in [-0.39, 0.29) is 76.4 Å². The Morgan fingerprint density at radius 3 is 2.12 bits per heavy atom. The van der Waals surface area contributed by atoms with Gasteiger partial charge in [-0.15, -0.1) is 0 Å². The molecule has 1 aliphatic heterocycles. The molecule has 0 unspecified atom stereocenters. The molecule has 6 N–H and O–H groups in total. The number of pyridine rings is 1. The van der Waals surface area contributed by atoms with Crippen LogP contribution < -0.4 is 16.0 Å². The maximum Gasteiger partial charge on any atom is 0.317 e. The Labute approximate surface area is 347 Å². The number of rotatable bonds is 19. The van der Waals surface area contributed by atoms with Crippen molar-refractivity contribution in [1.29, 1.82) is 0 Å². The number of ether oxygens (including phenoxy) is 1. The van der Waals surface area contributed by atoms with Crippen LogP contribution in [0.15, 0.2) is 71.6 Å². The molecule has 2 heterocycles. The molecule has 1 aliphatic rings. The fourth-order valence-corrected chi connectivity index (χ4v) is 7.25. The van der Waals surface area contributed by atoms with Crippen LogP contribution in [0.5, 0.6) is 0 Å². The van der Waals surface area contributed by atoms with Gasteiger partial charge in [0.1, 0.15) is 0 Å². The number of carbonyl (C=O) groups is 5. The molecule has 0 aliphatic carbocycles. The lowest BCUT2D eigenvalue weighted by Crippen LogP contribution is -2.50. The SMILES string of the molecule is CNC(=O)CCc1ccc(SC(=O)CCOCCNC(=S)Nc2ccc(C[C@H]3CN(CC(=O)O)CCN(CC(=O)O)Cc4cccc(n4)CN3CC(=O)O)cc2)cc1. The molecule has 0 spiro atoms. The molecule has 0 fully saturated rings. The first-order valence-corrected chi connectivity index (χ1v) is 20.1. The molecule has 0 saturated heterocycles. The summed E-state index contributed by atoms with van der Waals surface area (Å²) in [6.07, 6.45) is 1.70. The quantitative estimate of drug-likeness (QED) is 0.0582. The number of carbonyl (C=O) groups excluding carboxylic acids is 2. The number of benzene rings is 2. The Bertz CT molecular complexity index is 1850. The molecule has 1 amide bonds. The van der Waals surface area contributed by atoms with E-state index in [4.69, 9.17) is 21.9 Å². The monoisotopic (exact) mass is 837 g/mol. The molecule has 0 radical (unpaired) electrons. The third kappa shape index (κ3) is 17.3. The minimum Gasteiger partial charge on any atom is -0.480 e. The van der Waals surface area contributed by atoms with E-state index >= 15 is 0 Å². The summed E-state index contributed by atoms with van der Waals surface area (Å²) in [5.41, 5.74) is 3.89. The Balaban J connectivity index is 1.28. The van der Waals surface area contributed by atoms with Gasteiger partial charge >= 0.3 is 17.9 Å². The van der Waals surface area contributed by atoms with Crippen molar-refractivity contribution < 1.29 is 44.0 Å². The van der Waals surface area contributed by atoms with E-state index in [1.165, 1.54) is 0 Å². The molecule has 1 atom stereocenters. The number of amides is 1. The van der Waals surface area contributed by atoms with Crippen molar-refractivity contribution in [2.24, 2.45) is 0 Å². The van der Waals surface area contributed by atoms with Gasteiger partial charge in [0.2, 0.25) is 5.91 Å². The number of anilines is 1. The molecule has 2 aromatic carbocycles. The third-order valence-corrected chi connectivity index (χ3v) is 10.3. The van der Waals surface area contributed by atoms with Crippen molar-refractivity contribution in [2.45, 2.75) is 49.7 Å². The Morgan fingerprint density at radius 1 is 0.810 bits per heavy atom. The number of carboxylic acids is 3. The summed E-state index contributed by atoms with van der Waals surface area (Å²) in [5, 5.41) is 38.3. The van der Waals surface area contributed by atoms with Crippen LogP contribution in [0.25, 0.3) is 0 Å². The summed E-state index contributed by atoms with van der Waals surface area (Å²) in [5.74, 6) is -3.09. The number of fused-ring (bicyclic) bond motifs is 2. The summed E-state index contributed by atoms with van der Waals surface area (Å²) in [7, 11) is 1.61. The smallest absolute Gasteiger partial charge is 0.317 e. The van der Waals surface area contributed by atoms with E-state index in [0.29, 0.717) is 48.9 Å². The second kappa shape index (κ2) is 24.1. The van der Waals surface area contributed by atoms with Crippen LogP contribution in [0.2, 0.25) is 0 Å². The zero-order chi connectivity index (χ0) is 41.9. The number of aromatic nitrogens is 1. The van der Waals surface area contributed by atoms with Gasteiger partial charge in [-0.05, 0) is 72.6 Å². The van der Waals surface area contributed by atoms with E-state index in [2.05, 4.69) is 16.0 Å². The van der Waals surface area contributed by atoms with Crippen molar-refractivity contribution >= 4 is 63.7 Å². The predicted octanol–water partition coefficient (Wildman–Crippen LogP) is 2.56. The van der Waals surface area contributed by atoms with Gasteiger partial charge in [0.15, 0.2) is 10.2 Å². The van der Waals surface area contributed by atoms with Crippen LogP contribution in [-0.4, -0.2) is 141 Å². The molecular weight excluding hydrogens is 787 g/mol. The number of hydrogen-bond acceptors (Lipinski definition) is 12. The number of nitrogens with one attached hydrogen (secondary N) is 3. The van der Waals surface area contributed by atoms with Crippen LogP contribution in [0.3, 0.4) is 0 Å². The predicted molar refractivity (Wildman–Crippen MR) is 223 cm³/mol. The first kappa shape index (κ1) is 45.7. The number of nitrogens with zero attached hydrogens (tertiary/aromatic N) is 4. The fraction of sp³-hybridized carbons (Fsp3) is 0.425. The molecule has 0 saturated carbocycles. The van der Waals surface area contributed by atoms with Gasteiger partial charge in [0.25, 0.3) is 0 Å². The molecule has 58 heavy (non-hydrogen) atoms. The van der Waals surface area contributed by atoms with Crippen LogP contribution >= 0.6 is 24.0 Å². The minimum atomic E-state index is -1.04. The first-order chi connectivity index (χ1) is 27.8. The molecule has 2 bridgehead atoms. The highest BCUT2D eigenvalue weighted by atomic mass is 32.2. The molecule has 1 aromatic heterocycles. The van der Waals surface area contributed by atoms with Crippen molar-refractivity contribution in [3.63, 3.8) is 0 Å². The zero-order valence-electron chi connectivity index (χ0n) is 32.4. The highest BCUT2D eigenvalue weighted by molar-refractivity contribution is 8.13. The average molecular weight is 838 g/mol. The van der Waals surface area contributed by atoms with Crippen molar-refractivity contribution in [3.8, 4) is 0 Å². The van der Waals surface area contributed by atoms with Gasteiger partial charge in [-0.25, -0.2) is 0 Å². The number of aryl methyl sites for hydroxylation is 1. The van der Waals surface area contributed by atoms with Crippen LogP contribution in [0.4, 0.5) is 5.69 Å². The topological polar surface area (TPSA) is 214 Å². The summed E-state index contributed by atoms with van der Waals surface area (Å²) < 4.78 is 5.62. The minimum absolute atomic E-state index is 0.0126. The Morgan fingerprint density at radius 2 is 1.45 bits per heavy atom. The first-order valence-electron chi connectivity index (χ1n) is 18.9. The van der Waals surface area contributed by atoms with Gasteiger partial charge in [-0.3, -0.25) is 43.7 Å². The summed E-state index contributed by atoms with van der Waals surface area (Å²) in [4.78, 5) is 70.2. The lowest BCUT2D eigenvalue weighted by molar-refractivity contribution is -0.141. The number of thiocarbonyl (C=S) groups is 1. The zero-order valence-corrected chi connectivity index (χ0v) is 34.1.